The highest BCUT2D eigenvalue weighted by Crippen LogP contribution is 2.33. The van der Waals surface area contributed by atoms with E-state index in [2.05, 4.69) is 0 Å². The van der Waals surface area contributed by atoms with Gasteiger partial charge in [0, 0.05) is 25.0 Å². The topological polar surface area (TPSA) is 55.6 Å². The number of ether oxygens (including phenoxy) is 1. The minimum atomic E-state index is -0.589. The highest BCUT2D eigenvalue weighted by molar-refractivity contribution is 5.98. The maximum absolute atomic E-state index is 13.0. The molecule has 0 fully saturated rings. The Bertz CT molecular complexity index is 670. The molecule has 22 heavy (non-hydrogen) atoms. The Balaban J connectivity index is 1.95. The normalized spacial score (nSPS) is 15.2. The average molecular weight is 296 g/mol. The van der Waals surface area contributed by atoms with Gasteiger partial charge in [0.25, 0.3) is 5.91 Å². The van der Waals surface area contributed by atoms with Crippen LogP contribution < -0.4 is 10.6 Å². The van der Waals surface area contributed by atoms with Crippen LogP contribution in [0.2, 0.25) is 0 Å². The number of nitrogen functional groups attached to an aromatic ring is 1. The quantitative estimate of drug-likeness (QED) is 0.886. The first-order valence-electron chi connectivity index (χ1n) is 7.49. The molecular formula is C18H20N2O2. The van der Waals surface area contributed by atoms with Gasteiger partial charge in [0.05, 0.1) is 0 Å². The maximum Gasteiger partial charge on any atom is 0.260 e. The average Bonchev–Trinajstić information content (AvgIpc) is 2.56. The molecule has 2 aromatic carbocycles. The van der Waals surface area contributed by atoms with Gasteiger partial charge in [0.2, 0.25) is 0 Å². The van der Waals surface area contributed by atoms with Crippen molar-refractivity contribution in [1.82, 2.24) is 0 Å². The summed E-state index contributed by atoms with van der Waals surface area (Å²) in [5.41, 5.74) is 9.65. The van der Waals surface area contributed by atoms with Gasteiger partial charge in [-0.1, -0.05) is 36.4 Å². The van der Waals surface area contributed by atoms with E-state index in [1.165, 1.54) is 0 Å². The summed E-state index contributed by atoms with van der Waals surface area (Å²) in [7, 11) is 1.57. The Morgan fingerprint density at radius 3 is 2.68 bits per heavy atom. The van der Waals surface area contributed by atoms with Crippen LogP contribution in [0, 0.1) is 0 Å². The SMILES string of the molecule is COC(C(=O)N1CCCc2c(N)cccc21)c1ccccc1. The smallest absolute Gasteiger partial charge is 0.260 e. The highest BCUT2D eigenvalue weighted by Gasteiger charge is 2.30. The number of carbonyl (C=O) groups is 1. The number of carbonyl (C=O) groups excluding carboxylic acids is 1. The number of amides is 1. The van der Waals surface area contributed by atoms with E-state index in [-0.39, 0.29) is 5.91 Å². The molecule has 4 heteroatoms. The standard InChI is InChI=1S/C18H20N2O2/c1-22-17(13-7-3-2-4-8-13)18(21)20-12-6-9-14-15(19)10-5-11-16(14)20/h2-5,7-8,10-11,17H,6,9,12,19H2,1H3. The number of anilines is 2. The molecule has 0 radical (unpaired) electrons. The number of hydrogen-bond donors (Lipinski definition) is 1. The van der Waals surface area contributed by atoms with Gasteiger partial charge in [-0.3, -0.25) is 4.79 Å². The number of rotatable bonds is 3. The van der Waals surface area contributed by atoms with E-state index in [1.54, 1.807) is 12.0 Å². The van der Waals surface area contributed by atoms with E-state index in [4.69, 9.17) is 10.5 Å². The molecule has 0 saturated heterocycles. The van der Waals surface area contributed by atoms with Crippen molar-refractivity contribution >= 4 is 17.3 Å². The second-order valence-corrected chi connectivity index (χ2v) is 5.46. The van der Waals surface area contributed by atoms with Gasteiger partial charge in [-0.15, -0.1) is 0 Å². The van der Waals surface area contributed by atoms with Crippen LogP contribution in [0.1, 0.15) is 23.7 Å². The molecule has 1 atom stereocenters. The zero-order valence-electron chi connectivity index (χ0n) is 12.7. The molecule has 114 valence electrons. The van der Waals surface area contributed by atoms with Gasteiger partial charge >= 0.3 is 0 Å². The lowest BCUT2D eigenvalue weighted by Gasteiger charge is -2.32. The van der Waals surface area contributed by atoms with Gasteiger partial charge in [0.1, 0.15) is 0 Å². The fourth-order valence-electron chi connectivity index (χ4n) is 3.03. The highest BCUT2D eigenvalue weighted by atomic mass is 16.5. The second-order valence-electron chi connectivity index (χ2n) is 5.46. The van der Waals surface area contributed by atoms with Gasteiger partial charge in [-0.25, -0.2) is 0 Å². The third-order valence-corrected chi connectivity index (χ3v) is 4.12. The van der Waals surface area contributed by atoms with E-state index in [9.17, 15) is 4.79 Å². The van der Waals surface area contributed by atoms with Crippen molar-refractivity contribution in [2.45, 2.75) is 18.9 Å². The van der Waals surface area contributed by atoms with Crippen LogP contribution >= 0.6 is 0 Å². The zero-order valence-corrected chi connectivity index (χ0v) is 12.7. The first-order chi connectivity index (χ1) is 10.7. The van der Waals surface area contributed by atoms with E-state index >= 15 is 0 Å². The first-order valence-corrected chi connectivity index (χ1v) is 7.49. The minimum Gasteiger partial charge on any atom is -0.398 e. The lowest BCUT2D eigenvalue weighted by Crippen LogP contribution is -2.39. The van der Waals surface area contributed by atoms with E-state index in [0.29, 0.717) is 6.54 Å². The molecule has 0 spiro atoms. The fourth-order valence-corrected chi connectivity index (χ4v) is 3.03. The van der Waals surface area contributed by atoms with Crippen LogP contribution in [0.25, 0.3) is 0 Å². The van der Waals surface area contributed by atoms with Crippen LogP contribution in [0.4, 0.5) is 11.4 Å². The molecule has 0 aliphatic carbocycles. The minimum absolute atomic E-state index is 0.0414. The summed E-state index contributed by atoms with van der Waals surface area (Å²) < 4.78 is 5.47. The molecule has 2 N–H and O–H groups in total. The summed E-state index contributed by atoms with van der Waals surface area (Å²) in [4.78, 5) is 14.8. The maximum atomic E-state index is 13.0. The van der Waals surface area contributed by atoms with Crippen molar-refractivity contribution in [3.63, 3.8) is 0 Å². The summed E-state index contributed by atoms with van der Waals surface area (Å²) in [5.74, 6) is -0.0414. The molecule has 0 bridgehead atoms. The molecule has 4 nitrogen and oxygen atoms in total. The van der Waals surface area contributed by atoms with Crippen molar-refractivity contribution in [2.75, 3.05) is 24.3 Å². The second kappa shape index (κ2) is 6.20. The van der Waals surface area contributed by atoms with Crippen LogP contribution in [-0.2, 0) is 16.0 Å². The lowest BCUT2D eigenvalue weighted by atomic mass is 9.98. The number of hydrogen-bond acceptors (Lipinski definition) is 3. The predicted molar refractivity (Wildman–Crippen MR) is 87.7 cm³/mol. The molecule has 1 unspecified atom stereocenters. The van der Waals surface area contributed by atoms with Gasteiger partial charge < -0.3 is 15.4 Å². The summed E-state index contributed by atoms with van der Waals surface area (Å²) in [5, 5.41) is 0. The van der Waals surface area contributed by atoms with Crippen molar-refractivity contribution in [1.29, 1.82) is 0 Å². The van der Waals surface area contributed by atoms with Crippen molar-refractivity contribution < 1.29 is 9.53 Å². The predicted octanol–water partition coefficient (Wildman–Crippen LogP) is 2.94. The summed E-state index contributed by atoms with van der Waals surface area (Å²) in [6.45, 7) is 0.696. The molecular weight excluding hydrogens is 276 g/mol. The van der Waals surface area contributed by atoms with Gasteiger partial charge in [-0.05, 0) is 36.1 Å². The van der Waals surface area contributed by atoms with E-state index in [0.717, 1.165) is 35.3 Å². The summed E-state index contributed by atoms with van der Waals surface area (Å²) in [6.07, 6.45) is 1.24. The largest absolute Gasteiger partial charge is 0.398 e. The molecule has 0 aromatic heterocycles. The molecule has 1 amide bonds. The third-order valence-electron chi connectivity index (χ3n) is 4.12. The molecule has 1 aliphatic rings. The number of fused-ring (bicyclic) bond motifs is 1. The Morgan fingerprint density at radius 2 is 1.95 bits per heavy atom. The van der Waals surface area contributed by atoms with E-state index in [1.807, 2.05) is 48.5 Å². The van der Waals surface area contributed by atoms with E-state index < -0.39 is 6.10 Å². The Kier molecular flexibility index (Phi) is 4.11. The van der Waals surface area contributed by atoms with Gasteiger partial charge in [-0.2, -0.15) is 0 Å². The molecule has 3 rings (SSSR count). The van der Waals surface area contributed by atoms with Crippen LogP contribution in [0.15, 0.2) is 48.5 Å². The first kappa shape index (κ1) is 14.6. The van der Waals surface area contributed by atoms with Gasteiger partial charge in [0.15, 0.2) is 6.10 Å². The monoisotopic (exact) mass is 296 g/mol. The molecule has 2 aromatic rings. The fraction of sp³-hybridized carbons (Fsp3) is 0.278. The zero-order chi connectivity index (χ0) is 15.5. The van der Waals surface area contributed by atoms with Crippen molar-refractivity contribution in [2.24, 2.45) is 0 Å². The summed E-state index contributed by atoms with van der Waals surface area (Å²) in [6, 6.07) is 15.3. The third kappa shape index (κ3) is 2.57. The Labute approximate surface area is 130 Å². The molecule has 1 aliphatic heterocycles. The van der Waals surface area contributed by atoms with Crippen molar-refractivity contribution in [3.8, 4) is 0 Å². The summed E-state index contributed by atoms with van der Waals surface area (Å²) >= 11 is 0. The lowest BCUT2D eigenvalue weighted by molar-refractivity contribution is -0.128. The number of nitrogens with two attached hydrogens (primary N) is 1. The number of methoxy groups -OCH3 is 1. The van der Waals surface area contributed by atoms with Crippen molar-refractivity contribution in [3.05, 3.63) is 59.7 Å². The number of benzene rings is 2. The Hall–Kier alpha value is -2.33. The molecule has 1 heterocycles. The number of nitrogens with zero attached hydrogens (tertiary/aromatic N) is 1. The molecule has 0 saturated carbocycles. The van der Waals surface area contributed by atoms with Crippen LogP contribution in [-0.4, -0.2) is 19.6 Å². The van der Waals surface area contributed by atoms with Crippen LogP contribution in [0.5, 0.6) is 0 Å². The van der Waals surface area contributed by atoms with Crippen LogP contribution in [0.3, 0.4) is 0 Å². The Morgan fingerprint density at radius 1 is 1.18 bits per heavy atom.